The van der Waals surface area contributed by atoms with Crippen molar-refractivity contribution in [3.8, 4) is 10.6 Å². The third-order valence-corrected chi connectivity index (χ3v) is 5.66. The summed E-state index contributed by atoms with van der Waals surface area (Å²) >= 11 is 2.78. The highest BCUT2D eigenvalue weighted by molar-refractivity contribution is 8.00. The molecule has 0 atom stereocenters. The highest BCUT2D eigenvalue weighted by Crippen LogP contribution is 2.33. The first-order chi connectivity index (χ1) is 12.6. The molecule has 1 aliphatic rings. The lowest BCUT2D eigenvalue weighted by atomic mass is 10.2. The summed E-state index contributed by atoms with van der Waals surface area (Å²) in [6, 6.07) is 11.3. The number of nitrogens with zero attached hydrogens (tertiary/aromatic N) is 1. The van der Waals surface area contributed by atoms with Crippen LogP contribution in [0.1, 0.15) is 10.5 Å². The van der Waals surface area contributed by atoms with E-state index in [9.17, 15) is 14.0 Å². The van der Waals surface area contributed by atoms with E-state index in [1.54, 1.807) is 29.6 Å². The van der Waals surface area contributed by atoms with Gasteiger partial charge in [0.1, 0.15) is 16.5 Å². The van der Waals surface area contributed by atoms with Crippen molar-refractivity contribution in [3.05, 3.63) is 59.4 Å². The largest absolute Gasteiger partial charge is 0.324 e. The third kappa shape index (κ3) is 3.47. The van der Waals surface area contributed by atoms with Crippen LogP contribution in [0.25, 0.3) is 10.6 Å². The Bertz CT molecular complexity index is 1000. The van der Waals surface area contributed by atoms with Gasteiger partial charge in [0.05, 0.1) is 11.4 Å². The summed E-state index contributed by atoms with van der Waals surface area (Å²) in [7, 11) is 0. The molecule has 130 valence electrons. The van der Waals surface area contributed by atoms with E-state index < -0.39 is 0 Å². The number of nitrogens with one attached hydrogen (secondary N) is 2. The van der Waals surface area contributed by atoms with Crippen molar-refractivity contribution in [3.63, 3.8) is 0 Å². The number of thioether (sulfide) groups is 1. The van der Waals surface area contributed by atoms with Crippen LogP contribution in [-0.4, -0.2) is 22.6 Å². The van der Waals surface area contributed by atoms with Crippen LogP contribution >= 0.6 is 23.1 Å². The summed E-state index contributed by atoms with van der Waals surface area (Å²) in [5.74, 6) is -0.330. The SMILES string of the molecule is O=C1CSc2ccc(NC(=O)c3csc(-c4ccc(F)cc4)n3)cc2N1. The number of aromatic nitrogens is 1. The van der Waals surface area contributed by atoms with Crippen LogP contribution in [-0.2, 0) is 4.79 Å². The zero-order valence-corrected chi connectivity index (χ0v) is 14.9. The predicted molar refractivity (Wildman–Crippen MR) is 101 cm³/mol. The number of thiazole rings is 1. The molecule has 2 aromatic carbocycles. The number of halogens is 1. The quantitative estimate of drug-likeness (QED) is 0.707. The van der Waals surface area contributed by atoms with E-state index in [1.807, 2.05) is 6.07 Å². The van der Waals surface area contributed by atoms with Crippen molar-refractivity contribution < 1.29 is 14.0 Å². The van der Waals surface area contributed by atoms with E-state index in [1.165, 1.54) is 35.2 Å². The van der Waals surface area contributed by atoms with E-state index >= 15 is 0 Å². The number of amides is 2. The fourth-order valence-corrected chi connectivity index (χ4v) is 4.05. The first-order valence-electron chi connectivity index (χ1n) is 7.68. The minimum atomic E-state index is -0.343. The second-order valence-electron chi connectivity index (χ2n) is 5.55. The van der Waals surface area contributed by atoms with Crippen molar-refractivity contribution in [1.82, 2.24) is 4.98 Å². The zero-order valence-electron chi connectivity index (χ0n) is 13.3. The minimum Gasteiger partial charge on any atom is -0.324 e. The summed E-state index contributed by atoms with van der Waals surface area (Å²) in [4.78, 5) is 29.2. The number of fused-ring (bicyclic) bond motifs is 1. The first-order valence-corrected chi connectivity index (χ1v) is 9.54. The second kappa shape index (κ2) is 6.89. The lowest BCUT2D eigenvalue weighted by Gasteiger charge is -2.17. The van der Waals surface area contributed by atoms with Crippen molar-refractivity contribution in [2.24, 2.45) is 0 Å². The van der Waals surface area contributed by atoms with E-state index in [2.05, 4.69) is 15.6 Å². The van der Waals surface area contributed by atoms with Crippen LogP contribution in [0.2, 0.25) is 0 Å². The minimum absolute atomic E-state index is 0.0607. The van der Waals surface area contributed by atoms with Gasteiger partial charge in [-0.15, -0.1) is 23.1 Å². The average Bonchev–Trinajstić information content (AvgIpc) is 3.12. The Balaban J connectivity index is 1.51. The highest BCUT2D eigenvalue weighted by Gasteiger charge is 2.17. The molecule has 0 radical (unpaired) electrons. The Labute approximate surface area is 156 Å². The molecular formula is C18H12FN3O2S2. The molecule has 1 aliphatic heterocycles. The van der Waals surface area contributed by atoms with Crippen molar-refractivity contribution in [2.45, 2.75) is 4.90 Å². The molecule has 4 rings (SSSR count). The zero-order chi connectivity index (χ0) is 18.1. The van der Waals surface area contributed by atoms with Gasteiger partial charge >= 0.3 is 0 Å². The molecule has 3 aromatic rings. The van der Waals surface area contributed by atoms with Crippen LogP contribution in [0.4, 0.5) is 15.8 Å². The van der Waals surface area contributed by atoms with Gasteiger partial charge in [0.25, 0.3) is 5.91 Å². The smallest absolute Gasteiger partial charge is 0.275 e. The molecule has 26 heavy (non-hydrogen) atoms. The molecule has 0 unspecified atom stereocenters. The molecule has 2 N–H and O–H groups in total. The van der Waals surface area contributed by atoms with Crippen LogP contribution in [0.15, 0.2) is 52.7 Å². The second-order valence-corrected chi connectivity index (χ2v) is 7.42. The van der Waals surface area contributed by atoms with Gasteiger partial charge < -0.3 is 10.6 Å². The average molecular weight is 385 g/mol. The number of carbonyl (C=O) groups excluding carboxylic acids is 2. The van der Waals surface area contributed by atoms with Gasteiger partial charge in [-0.1, -0.05) is 0 Å². The standard InChI is InChI=1S/C18H12FN3O2S2/c19-11-3-1-10(2-4-11)18-22-14(8-26-18)17(24)20-12-5-6-15-13(7-12)21-16(23)9-25-15/h1-8H,9H2,(H,20,24)(H,21,23). The molecule has 0 fully saturated rings. The Hall–Kier alpha value is -2.71. The highest BCUT2D eigenvalue weighted by atomic mass is 32.2. The van der Waals surface area contributed by atoms with Crippen molar-refractivity contribution in [1.29, 1.82) is 0 Å². The van der Waals surface area contributed by atoms with E-state index in [-0.39, 0.29) is 23.3 Å². The number of rotatable bonds is 3. The summed E-state index contributed by atoms with van der Waals surface area (Å²) in [5, 5.41) is 7.87. The number of hydrogen-bond acceptors (Lipinski definition) is 5. The molecule has 8 heteroatoms. The van der Waals surface area contributed by atoms with Gasteiger partial charge in [0.2, 0.25) is 5.91 Å². The van der Waals surface area contributed by atoms with Crippen LogP contribution in [0.3, 0.4) is 0 Å². The Morgan fingerprint density at radius 2 is 2.00 bits per heavy atom. The Kier molecular flexibility index (Phi) is 4.44. The number of hydrogen-bond donors (Lipinski definition) is 2. The maximum absolute atomic E-state index is 13.0. The molecule has 0 aliphatic carbocycles. The number of carbonyl (C=O) groups is 2. The van der Waals surface area contributed by atoms with Gasteiger partial charge in [0, 0.05) is 21.5 Å². The lowest BCUT2D eigenvalue weighted by molar-refractivity contribution is -0.113. The summed E-state index contributed by atoms with van der Waals surface area (Å²) < 4.78 is 13.0. The molecule has 5 nitrogen and oxygen atoms in total. The third-order valence-electron chi connectivity index (χ3n) is 3.70. The fraction of sp³-hybridized carbons (Fsp3) is 0.0556. The van der Waals surface area contributed by atoms with E-state index in [0.29, 0.717) is 22.1 Å². The molecule has 2 amide bonds. The molecular weight excluding hydrogens is 373 g/mol. The molecule has 0 spiro atoms. The summed E-state index contributed by atoms with van der Waals surface area (Å²) in [6.07, 6.45) is 0. The normalized spacial score (nSPS) is 13.0. The molecule has 0 bridgehead atoms. The maximum Gasteiger partial charge on any atom is 0.275 e. The monoisotopic (exact) mass is 385 g/mol. The van der Waals surface area contributed by atoms with Gasteiger partial charge in [0.15, 0.2) is 0 Å². The van der Waals surface area contributed by atoms with Crippen molar-refractivity contribution in [2.75, 3.05) is 16.4 Å². The topological polar surface area (TPSA) is 71.1 Å². The summed E-state index contributed by atoms with van der Waals surface area (Å²) in [6.45, 7) is 0. The van der Waals surface area contributed by atoms with Gasteiger partial charge in [-0.05, 0) is 42.5 Å². The summed E-state index contributed by atoms with van der Waals surface area (Å²) in [5.41, 5.74) is 2.30. The van der Waals surface area contributed by atoms with Gasteiger partial charge in [-0.25, -0.2) is 9.37 Å². The first kappa shape index (κ1) is 16.7. The van der Waals surface area contributed by atoms with Crippen LogP contribution in [0.5, 0.6) is 0 Å². The van der Waals surface area contributed by atoms with Gasteiger partial charge in [-0.3, -0.25) is 9.59 Å². The van der Waals surface area contributed by atoms with E-state index in [4.69, 9.17) is 0 Å². The predicted octanol–water partition coefficient (Wildman–Crippen LogP) is 4.25. The maximum atomic E-state index is 13.0. The Morgan fingerprint density at radius 3 is 2.81 bits per heavy atom. The van der Waals surface area contributed by atoms with Gasteiger partial charge in [-0.2, -0.15) is 0 Å². The Morgan fingerprint density at radius 1 is 1.19 bits per heavy atom. The molecule has 0 saturated heterocycles. The lowest BCUT2D eigenvalue weighted by Crippen LogP contribution is -2.19. The van der Waals surface area contributed by atoms with Crippen LogP contribution in [0, 0.1) is 5.82 Å². The van der Waals surface area contributed by atoms with Crippen LogP contribution < -0.4 is 10.6 Å². The molecule has 1 aromatic heterocycles. The molecule has 0 saturated carbocycles. The number of anilines is 2. The number of benzene rings is 2. The fourth-order valence-electron chi connectivity index (χ4n) is 2.46. The molecule has 2 heterocycles. The van der Waals surface area contributed by atoms with Crippen molar-refractivity contribution >= 4 is 46.3 Å². The van der Waals surface area contributed by atoms with E-state index in [0.717, 1.165) is 10.5 Å².